The number of thiophene rings is 1. The summed E-state index contributed by atoms with van der Waals surface area (Å²) >= 11 is 1.82. The van der Waals surface area contributed by atoms with Gasteiger partial charge in [-0.05, 0) is 41.6 Å². The summed E-state index contributed by atoms with van der Waals surface area (Å²) in [5, 5.41) is 7.53. The molecular formula is C17H20N4O2S. The van der Waals surface area contributed by atoms with Crippen LogP contribution in [0.1, 0.15) is 20.8 Å². The molecule has 24 heavy (non-hydrogen) atoms. The molecule has 126 valence electrons. The number of urea groups is 1. The molecule has 1 aromatic carbocycles. The van der Waals surface area contributed by atoms with Crippen LogP contribution in [-0.4, -0.2) is 36.5 Å². The Morgan fingerprint density at radius 2 is 2.17 bits per heavy atom. The Morgan fingerprint density at radius 1 is 1.29 bits per heavy atom. The minimum Gasteiger partial charge on any atom is -0.351 e. The number of fused-ring (bicyclic) bond motifs is 1. The lowest BCUT2D eigenvalue weighted by Crippen LogP contribution is -2.37. The number of carbonyl (C=O) groups is 2. The largest absolute Gasteiger partial charge is 0.351 e. The van der Waals surface area contributed by atoms with Crippen molar-refractivity contribution in [2.75, 3.05) is 25.0 Å². The normalized spacial score (nSPS) is 14.0. The van der Waals surface area contributed by atoms with E-state index in [1.165, 1.54) is 10.4 Å². The molecule has 0 aliphatic carbocycles. The molecule has 0 fully saturated rings. The average molecular weight is 344 g/mol. The maximum Gasteiger partial charge on any atom is 0.316 e. The van der Waals surface area contributed by atoms with E-state index in [9.17, 15) is 9.59 Å². The summed E-state index contributed by atoms with van der Waals surface area (Å²) in [6.07, 6.45) is 1.09. The summed E-state index contributed by atoms with van der Waals surface area (Å²) in [6, 6.07) is 8.25. The van der Waals surface area contributed by atoms with Gasteiger partial charge in [0.2, 0.25) is 0 Å². The Hall–Kier alpha value is -2.38. The Bertz CT molecular complexity index is 744. The lowest BCUT2D eigenvalue weighted by molar-refractivity contribution is 0.0947. The van der Waals surface area contributed by atoms with E-state index in [1.54, 1.807) is 24.3 Å². The monoisotopic (exact) mass is 344 g/mol. The Labute approximate surface area is 144 Å². The van der Waals surface area contributed by atoms with E-state index in [-0.39, 0.29) is 5.91 Å². The number of nitrogens with two attached hydrogens (primary N) is 1. The third-order valence-corrected chi connectivity index (χ3v) is 5.02. The number of nitrogens with one attached hydrogen (secondary N) is 2. The van der Waals surface area contributed by atoms with Gasteiger partial charge in [0.25, 0.3) is 5.91 Å². The molecule has 1 aliphatic rings. The first-order valence-electron chi connectivity index (χ1n) is 7.84. The first-order chi connectivity index (χ1) is 11.6. The zero-order valence-corrected chi connectivity index (χ0v) is 14.1. The minimum absolute atomic E-state index is 0.156. The summed E-state index contributed by atoms with van der Waals surface area (Å²) in [5.41, 5.74) is 7.50. The molecule has 3 rings (SSSR count). The number of rotatable bonds is 5. The molecule has 0 saturated heterocycles. The van der Waals surface area contributed by atoms with E-state index in [1.807, 2.05) is 11.3 Å². The fraction of sp³-hybridized carbons (Fsp3) is 0.294. The van der Waals surface area contributed by atoms with Gasteiger partial charge in [0.05, 0.1) is 0 Å². The first-order valence-corrected chi connectivity index (χ1v) is 8.72. The molecule has 4 N–H and O–H groups in total. The van der Waals surface area contributed by atoms with E-state index >= 15 is 0 Å². The number of carbonyl (C=O) groups excluding carboxylic acids is 2. The minimum atomic E-state index is -0.648. The van der Waals surface area contributed by atoms with E-state index < -0.39 is 6.03 Å². The Morgan fingerprint density at radius 3 is 3.00 bits per heavy atom. The van der Waals surface area contributed by atoms with Crippen LogP contribution in [0.5, 0.6) is 0 Å². The molecule has 2 heterocycles. The maximum absolute atomic E-state index is 12.2. The topological polar surface area (TPSA) is 87.5 Å². The number of primary amides is 1. The van der Waals surface area contributed by atoms with Crippen LogP contribution in [-0.2, 0) is 13.0 Å². The zero-order chi connectivity index (χ0) is 16.9. The van der Waals surface area contributed by atoms with Gasteiger partial charge in [0, 0.05) is 42.3 Å². The number of benzene rings is 1. The highest BCUT2D eigenvalue weighted by Gasteiger charge is 2.16. The highest BCUT2D eigenvalue weighted by atomic mass is 32.1. The smallest absolute Gasteiger partial charge is 0.316 e. The Kier molecular flexibility index (Phi) is 5.12. The zero-order valence-electron chi connectivity index (χ0n) is 13.2. The van der Waals surface area contributed by atoms with Gasteiger partial charge in [0.15, 0.2) is 0 Å². The van der Waals surface area contributed by atoms with Crippen molar-refractivity contribution in [2.24, 2.45) is 5.73 Å². The van der Waals surface area contributed by atoms with Crippen molar-refractivity contribution in [2.45, 2.75) is 13.0 Å². The molecule has 1 aliphatic heterocycles. The predicted molar refractivity (Wildman–Crippen MR) is 95.3 cm³/mol. The van der Waals surface area contributed by atoms with Gasteiger partial charge in [-0.2, -0.15) is 0 Å². The van der Waals surface area contributed by atoms with Crippen LogP contribution in [0.15, 0.2) is 35.7 Å². The predicted octanol–water partition coefficient (Wildman–Crippen LogP) is 2.03. The molecule has 0 atom stereocenters. The highest BCUT2D eigenvalue weighted by Crippen LogP contribution is 2.23. The average Bonchev–Trinajstić information content (AvgIpc) is 3.02. The molecular weight excluding hydrogens is 324 g/mol. The molecule has 6 nitrogen and oxygen atoms in total. The number of anilines is 1. The van der Waals surface area contributed by atoms with E-state index in [4.69, 9.17) is 5.73 Å². The summed E-state index contributed by atoms with van der Waals surface area (Å²) in [7, 11) is 0. The van der Waals surface area contributed by atoms with Crippen molar-refractivity contribution in [3.8, 4) is 0 Å². The second kappa shape index (κ2) is 7.46. The van der Waals surface area contributed by atoms with Gasteiger partial charge in [-0.15, -0.1) is 11.3 Å². The number of nitrogens with zero attached hydrogens (tertiary/aromatic N) is 1. The molecule has 0 radical (unpaired) electrons. The first kappa shape index (κ1) is 16.5. The van der Waals surface area contributed by atoms with Gasteiger partial charge in [0.1, 0.15) is 0 Å². The number of amides is 3. The Balaban J connectivity index is 1.48. The van der Waals surface area contributed by atoms with Crippen LogP contribution in [0.25, 0.3) is 0 Å². The van der Waals surface area contributed by atoms with E-state index in [0.29, 0.717) is 17.8 Å². The van der Waals surface area contributed by atoms with Crippen molar-refractivity contribution in [1.82, 2.24) is 10.2 Å². The van der Waals surface area contributed by atoms with Crippen LogP contribution in [0.3, 0.4) is 0 Å². The van der Waals surface area contributed by atoms with Gasteiger partial charge in [-0.1, -0.05) is 6.07 Å². The van der Waals surface area contributed by atoms with Crippen molar-refractivity contribution in [3.63, 3.8) is 0 Å². The van der Waals surface area contributed by atoms with Crippen LogP contribution < -0.4 is 16.4 Å². The third-order valence-electron chi connectivity index (χ3n) is 3.99. The van der Waals surface area contributed by atoms with Crippen molar-refractivity contribution in [3.05, 3.63) is 51.7 Å². The fourth-order valence-corrected chi connectivity index (χ4v) is 3.70. The quantitative estimate of drug-likeness (QED) is 0.775. The van der Waals surface area contributed by atoms with Gasteiger partial charge < -0.3 is 16.4 Å². The van der Waals surface area contributed by atoms with E-state index in [0.717, 1.165) is 26.1 Å². The standard InChI is InChI=1S/C17H20N4O2S/c18-17(23)20-14-3-1-2-12(10-14)16(22)19-6-8-21-7-4-15-13(11-21)5-9-24-15/h1-3,5,9-10H,4,6-8,11H2,(H,19,22)(H3,18,20,23). The van der Waals surface area contributed by atoms with Gasteiger partial charge >= 0.3 is 6.03 Å². The maximum atomic E-state index is 12.2. The van der Waals surface area contributed by atoms with Gasteiger partial charge in [-0.25, -0.2) is 4.79 Å². The summed E-state index contributed by atoms with van der Waals surface area (Å²) < 4.78 is 0. The summed E-state index contributed by atoms with van der Waals surface area (Å²) in [4.78, 5) is 26.9. The molecule has 1 aromatic heterocycles. The third kappa shape index (κ3) is 4.12. The summed E-state index contributed by atoms with van der Waals surface area (Å²) in [5.74, 6) is -0.156. The fourth-order valence-electron chi connectivity index (χ4n) is 2.81. The van der Waals surface area contributed by atoms with Crippen LogP contribution in [0.4, 0.5) is 10.5 Å². The lowest BCUT2D eigenvalue weighted by atomic mass is 10.1. The number of hydrogen-bond donors (Lipinski definition) is 3. The second-order valence-corrected chi connectivity index (χ2v) is 6.72. The molecule has 7 heteroatoms. The van der Waals surface area contributed by atoms with Crippen molar-refractivity contribution >= 4 is 29.0 Å². The van der Waals surface area contributed by atoms with Crippen molar-refractivity contribution < 1.29 is 9.59 Å². The number of hydrogen-bond acceptors (Lipinski definition) is 4. The second-order valence-electron chi connectivity index (χ2n) is 5.72. The molecule has 3 amide bonds. The van der Waals surface area contributed by atoms with E-state index in [2.05, 4.69) is 27.0 Å². The molecule has 0 spiro atoms. The lowest BCUT2D eigenvalue weighted by Gasteiger charge is -2.26. The SMILES string of the molecule is NC(=O)Nc1cccc(C(=O)NCCN2CCc3sccc3C2)c1. The molecule has 0 bridgehead atoms. The summed E-state index contributed by atoms with van der Waals surface area (Å²) in [6.45, 7) is 3.39. The molecule has 2 aromatic rings. The van der Waals surface area contributed by atoms with Crippen LogP contribution in [0.2, 0.25) is 0 Å². The molecule has 0 unspecified atom stereocenters. The van der Waals surface area contributed by atoms with Crippen molar-refractivity contribution in [1.29, 1.82) is 0 Å². The van der Waals surface area contributed by atoms with Gasteiger partial charge in [-0.3, -0.25) is 9.69 Å². The van der Waals surface area contributed by atoms with Crippen LogP contribution >= 0.6 is 11.3 Å². The van der Waals surface area contributed by atoms with Crippen LogP contribution in [0, 0.1) is 0 Å². The molecule has 0 saturated carbocycles. The highest BCUT2D eigenvalue weighted by molar-refractivity contribution is 7.10.